The molecular weight excluding hydrogens is 262 g/mol. The zero-order valence-corrected chi connectivity index (χ0v) is 14.1. The number of likely N-dealkylation sites (tertiary alicyclic amines) is 2. The highest BCUT2D eigenvalue weighted by atomic mass is 16.2. The summed E-state index contributed by atoms with van der Waals surface area (Å²) in [4.78, 5) is 17.5. The molecule has 0 bridgehead atoms. The SMILES string of the molecule is CCN1CCCCCC1CN1CCCC(C)C(NC)C1=O. The maximum atomic E-state index is 12.8. The normalized spacial score (nSPS) is 32.8. The Morgan fingerprint density at radius 3 is 2.67 bits per heavy atom. The smallest absolute Gasteiger partial charge is 0.240 e. The summed E-state index contributed by atoms with van der Waals surface area (Å²) in [5.74, 6) is 0.770. The van der Waals surface area contributed by atoms with Crippen LogP contribution in [0.25, 0.3) is 0 Å². The number of hydrogen-bond donors (Lipinski definition) is 1. The van der Waals surface area contributed by atoms with Crippen molar-refractivity contribution in [3.05, 3.63) is 0 Å². The maximum Gasteiger partial charge on any atom is 0.240 e. The average Bonchev–Trinajstić information content (AvgIpc) is 2.77. The van der Waals surface area contributed by atoms with E-state index in [1.165, 1.54) is 32.2 Å². The molecule has 21 heavy (non-hydrogen) atoms. The minimum Gasteiger partial charge on any atom is -0.340 e. The van der Waals surface area contributed by atoms with Crippen LogP contribution in [0, 0.1) is 5.92 Å². The molecule has 4 heteroatoms. The second kappa shape index (κ2) is 8.14. The van der Waals surface area contributed by atoms with Crippen molar-refractivity contribution in [1.82, 2.24) is 15.1 Å². The van der Waals surface area contributed by atoms with Gasteiger partial charge >= 0.3 is 0 Å². The Hall–Kier alpha value is -0.610. The lowest BCUT2D eigenvalue weighted by atomic mass is 9.98. The van der Waals surface area contributed by atoms with Gasteiger partial charge in [-0.3, -0.25) is 9.69 Å². The van der Waals surface area contributed by atoms with Crippen molar-refractivity contribution in [3.8, 4) is 0 Å². The van der Waals surface area contributed by atoms with Crippen LogP contribution in [0.5, 0.6) is 0 Å². The van der Waals surface area contributed by atoms with Crippen LogP contribution >= 0.6 is 0 Å². The van der Waals surface area contributed by atoms with Crippen molar-refractivity contribution in [3.63, 3.8) is 0 Å². The van der Waals surface area contributed by atoms with Gasteiger partial charge in [-0.25, -0.2) is 0 Å². The summed E-state index contributed by atoms with van der Waals surface area (Å²) in [5, 5.41) is 3.24. The minimum atomic E-state index is 0.00774. The molecule has 2 fully saturated rings. The van der Waals surface area contributed by atoms with Crippen molar-refractivity contribution in [2.45, 2.75) is 64.5 Å². The van der Waals surface area contributed by atoms with Crippen LogP contribution in [-0.2, 0) is 4.79 Å². The summed E-state index contributed by atoms with van der Waals surface area (Å²) in [6.45, 7) is 8.63. The summed E-state index contributed by atoms with van der Waals surface area (Å²) in [5.41, 5.74) is 0. The largest absolute Gasteiger partial charge is 0.340 e. The molecule has 1 amide bonds. The first kappa shape index (κ1) is 16.8. The van der Waals surface area contributed by atoms with E-state index in [9.17, 15) is 4.79 Å². The number of nitrogens with zero attached hydrogens (tertiary/aromatic N) is 2. The van der Waals surface area contributed by atoms with E-state index < -0.39 is 0 Å². The van der Waals surface area contributed by atoms with Crippen molar-refractivity contribution >= 4 is 5.91 Å². The first-order valence-electron chi connectivity index (χ1n) is 8.87. The molecule has 0 aromatic carbocycles. The quantitative estimate of drug-likeness (QED) is 0.863. The van der Waals surface area contributed by atoms with Gasteiger partial charge in [-0.1, -0.05) is 26.7 Å². The standard InChI is InChI=1S/C17H33N3O/c1-4-19-11-7-5-6-10-15(19)13-20-12-8-9-14(2)16(18-3)17(20)21/h14-16,18H,4-13H2,1-3H3. The summed E-state index contributed by atoms with van der Waals surface area (Å²) in [6, 6.07) is 0.570. The zero-order valence-electron chi connectivity index (χ0n) is 14.1. The van der Waals surface area contributed by atoms with Gasteiger partial charge in [0, 0.05) is 19.1 Å². The van der Waals surface area contributed by atoms with Gasteiger partial charge < -0.3 is 10.2 Å². The highest BCUT2D eigenvalue weighted by Gasteiger charge is 2.32. The van der Waals surface area contributed by atoms with Crippen LogP contribution in [0.15, 0.2) is 0 Å². The van der Waals surface area contributed by atoms with Crippen molar-refractivity contribution in [2.24, 2.45) is 5.92 Å². The van der Waals surface area contributed by atoms with E-state index in [0.717, 1.165) is 32.5 Å². The second-order valence-electron chi connectivity index (χ2n) is 6.80. The minimum absolute atomic E-state index is 0.00774. The number of nitrogens with one attached hydrogen (secondary N) is 1. The third kappa shape index (κ3) is 4.19. The van der Waals surface area contributed by atoms with E-state index in [-0.39, 0.29) is 6.04 Å². The molecule has 0 aromatic rings. The Labute approximate surface area is 130 Å². The third-order valence-corrected chi connectivity index (χ3v) is 5.38. The molecule has 2 rings (SSSR count). The predicted octanol–water partition coefficient (Wildman–Crippen LogP) is 2.10. The molecule has 122 valence electrons. The molecule has 4 nitrogen and oxygen atoms in total. The lowest BCUT2D eigenvalue weighted by molar-refractivity contribution is -0.134. The molecular formula is C17H33N3O. The number of likely N-dealkylation sites (N-methyl/N-ethyl adjacent to an activating group) is 2. The second-order valence-corrected chi connectivity index (χ2v) is 6.80. The topological polar surface area (TPSA) is 35.6 Å². The number of rotatable bonds is 4. The fourth-order valence-corrected chi connectivity index (χ4v) is 4.02. The number of amides is 1. The monoisotopic (exact) mass is 295 g/mol. The Bertz CT molecular complexity index is 334. The molecule has 2 saturated heterocycles. The Morgan fingerprint density at radius 2 is 1.95 bits per heavy atom. The Balaban J connectivity index is 2.03. The van der Waals surface area contributed by atoms with Crippen LogP contribution in [0.1, 0.15) is 52.4 Å². The first-order valence-corrected chi connectivity index (χ1v) is 8.87. The van der Waals surface area contributed by atoms with E-state index in [4.69, 9.17) is 0 Å². The predicted molar refractivity (Wildman–Crippen MR) is 87.3 cm³/mol. The van der Waals surface area contributed by atoms with Gasteiger partial charge in [-0.05, 0) is 51.7 Å². The Kier molecular flexibility index (Phi) is 6.49. The summed E-state index contributed by atoms with van der Waals surface area (Å²) < 4.78 is 0. The highest BCUT2D eigenvalue weighted by Crippen LogP contribution is 2.22. The lowest BCUT2D eigenvalue weighted by Gasteiger charge is -2.34. The van der Waals surface area contributed by atoms with Gasteiger partial charge in [0.05, 0.1) is 6.04 Å². The molecule has 0 aromatic heterocycles. The van der Waals surface area contributed by atoms with E-state index in [2.05, 4.69) is 29.0 Å². The first-order chi connectivity index (χ1) is 10.2. The fourth-order valence-electron chi connectivity index (χ4n) is 4.02. The van der Waals surface area contributed by atoms with E-state index in [0.29, 0.717) is 17.9 Å². The summed E-state index contributed by atoms with van der Waals surface area (Å²) >= 11 is 0. The van der Waals surface area contributed by atoms with E-state index in [1.807, 2.05) is 7.05 Å². The maximum absolute atomic E-state index is 12.8. The highest BCUT2D eigenvalue weighted by molar-refractivity contribution is 5.82. The van der Waals surface area contributed by atoms with Gasteiger partial charge in [0.15, 0.2) is 0 Å². The fraction of sp³-hybridized carbons (Fsp3) is 0.941. The number of hydrogen-bond acceptors (Lipinski definition) is 3. The molecule has 3 unspecified atom stereocenters. The van der Waals surface area contributed by atoms with Crippen LogP contribution in [0.4, 0.5) is 0 Å². The molecule has 0 saturated carbocycles. The summed E-state index contributed by atoms with van der Waals surface area (Å²) in [6.07, 6.45) is 7.51. The zero-order chi connectivity index (χ0) is 15.2. The van der Waals surface area contributed by atoms with Crippen LogP contribution in [-0.4, -0.2) is 61.0 Å². The van der Waals surface area contributed by atoms with Crippen LogP contribution < -0.4 is 5.32 Å². The van der Waals surface area contributed by atoms with Crippen molar-refractivity contribution < 1.29 is 4.79 Å². The van der Waals surface area contributed by atoms with Crippen molar-refractivity contribution in [2.75, 3.05) is 33.2 Å². The van der Waals surface area contributed by atoms with E-state index >= 15 is 0 Å². The Morgan fingerprint density at radius 1 is 1.14 bits per heavy atom. The van der Waals surface area contributed by atoms with Gasteiger partial charge in [0.1, 0.15) is 0 Å². The average molecular weight is 295 g/mol. The van der Waals surface area contributed by atoms with E-state index in [1.54, 1.807) is 0 Å². The number of carbonyl (C=O) groups excluding carboxylic acids is 1. The van der Waals surface area contributed by atoms with Gasteiger partial charge in [0.25, 0.3) is 0 Å². The molecule has 0 spiro atoms. The van der Waals surface area contributed by atoms with Gasteiger partial charge in [-0.2, -0.15) is 0 Å². The molecule has 0 aliphatic carbocycles. The van der Waals surface area contributed by atoms with Gasteiger partial charge in [-0.15, -0.1) is 0 Å². The molecule has 2 aliphatic heterocycles. The van der Waals surface area contributed by atoms with Crippen LogP contribution in [0.2, 0.25) is 0 Å². The molecule has 2 heterocycles. The van der Waals surface area contributed by atoms with Crippen LogP contribution in [0.3, 0.4) is 0 Å². The lowest BCUT2D eigenvalue weighted by Crippen LogP contribution is -2.51. The molecule has 0 radical (unpaired) electrons. The number of carbonyl (C=O) groups is 1. The van der Waals surface area contributed by atoms with Crippen molar-refractivity contribution in [1.29, 1.82) is 0 Å². The molecule has 2 aliphatic rings. The molecule has 1 N–H and O–H groups in total. The third-order valence-electron chi connectivity index (χ3n) is 5.38. The van der Waals surface area contributed by atoms with Gasteiger partial charge in [0.2, 0.25) is 5.91 Å². The molecule has 3 atom stereocenters. The summed E-state index contributed by atoms with van der Waals surface area (Å²) in [7, 11) is 1.92.